The van der Waals surface area contributed by atoms with Crippen LogP contribution in [0.3, 0.4) is 0 Å². The standard InChI is InChI=1S/C11H10N4O2S/c1-6(16)13-10(12)15-11-14-9(17)7-4-2-3-5-8(7)18-11/h2-5H,1H3,(H3,12,13,14,15,16,17)/p+1. The van der Waals surface area contributed by atoms with E-state index in [-0.39, 0.29) is 17.4 Å². The number of aliphatic imine (C=N–C) groups is 1. The number of rotatable bonds is 1. The first-order valence-corrected chi connectivity index (χ1v) is 5.95. The van der Waals surface area contributed by atoms with Crippen LogP contribution in [-0.4, -0.2) is 11.9 Å². The number of carbonyl (C=O) groups is 1. The molecule has 1 amide bonds. The molecule has 18 heavy (non-hydrogen) atoms. The van der Waals surface area contributed by atoms with Crippen molar-refractivity contribution in [3.8, 4) is 0 Å². The highest BCUT2D eigenvalue weighted by atomic mass is 32.1. The Hall–Kier alpha value is -2.28. The van der Waals surface area contributed by atoms with E-state index in [2.05, 4.69) is 15.3 Å². The second kappa shape index (κ2) is 4.92. The molecule has 2 rings (SSSR count). The molecule has 0 radical (unpaired) electrons. The number of hydrogen-bond donors (Lipinski definition) is 2. The maximum Gasteiger partial charge on any atom is 0.387 e. The fourth-order valence-electron chi connectivity index (χ4n) is 1.41. The molecular formula is C11H11N4O2S+. The van der Waals surface area contributed by atoms with E-state index in [1.165, 1.54) is 18.3 Å². The predicted octanol–water partition coefficient (Wildman–Crippen LogP) is 0.158. The number of aromatic nitrogens is 1. The topological polar surface area (TPSA) is 98.7 Å². The van der Waals surface area contributed by atoms with Crippen molar-refractivity contribution in [2.45, 2.75) is 6.92 Å². The number of fused-ring (bicyclic) bond motifs is 1. The lowest BCUT2D eigenvalue weighted by Gasteiger charge is -1.94. The zero-order valence-corrected chi connectivity index (χ0v) is 10.4. The number of amides is 1. The molecular weight excluding hydrogens is 252 g/mol. The molecule has 0 saturated carbocycles. The van der Waals surface area contributed by atoms with Crippen molar-refractivity contribution >= 4 is 38.4 Å². The summed E-state index contributed by atoms with van der Waals surface area (Å²) in [5.41, 5.74) is 5.27. The minimum absolute atomic E-state index is 0.0512. The fourth-order valence-corrected chi connectivity index (χ4v) is 2.32. The van der Waals surface area contributed by atoms with Crippen molar-refractivity contribution in [3.63, 3.8) is 0 Å². The third-order valence-electron chi connectivity index (χ3n) is 2.08. The molecule has 1 heterocycles. The van der Waals surface area contributed by atoms with Gasteiger partial charge in [-0.05, 0) is 23.5 Å². The zero-order chi connectivity index (χ0) is 13.1. The van der Waals surface area contributed by atoms with Crippen molar-refractivity contribution in [3.05, 3.63) is 34.6 Å². The van der Waals surface area contributed by atoms with Gasteiger partial charge in [0.1, 0.15) is 0 Å². The average Bonchev–Trinajstić information content (AvgIpc) is 2.27. The molecule has 0 aliphatic rings. The summed E-state index contributed by atoms with van der Waals surface area (Å²) < 4.78 is 0.802. The van der Waals surface area contributed by atoms with Crippen LogP contribution in [0.5, 0.6) is 0 Å². The summed E-state index contributed by atoms with van der Waals surface area (Å²) in [4.78, 5) is 29.1. The lowest BCUT2D eigenvalue weighted by molar-refractivity contribution is -0.375. The molecule has 0 atom stereocenters. The van der Waals surface area contributed by atoms with E-state index >= 15 is 0 Å². The van der Waals surface area contributed by atoms with Crippen molar-refractivity contribution in [2.24, 2.45) is 10.7 Å². The smallest absolute Gasteiger partial charge is 0.348 e. The van der Waals surface area contributed by atoms with Crippen molar-refractivity contribution < 1.29 is 9.78 Å². The second-order valence-corrected chi connectivity index (χ2v) is 4.57. The first-order valence-electron chi connectivity index (χ1n) is 5.13. The first kappa shape index (κ1) is 12.2. The Kier molecular flexibility index (Phi) is 3.33. The molecule has 7 heteroatoms. The number of nitrogens with two attached hydrogens (primary N) is 1. The number of nitrogens with one attached hydrogen (secondary N) is 2. The SMILES string of the molecule is CC(=O)NC(N)=Nc1[nH+]c(=O)c2ccccc2s1. The minimum Gasteiger partial charge on any atom is -0.348 e. The number of H-pyrrole nitrogens is 1. The van der Waals surface area contributed by atoms with Crippen molar-refractivity contribution in [1.29, 1.82) is 0 Å². The zero-order valence-electron chi connectivity index (χ0n) is 9.56. The lowest BCUT2D eigenvalue weighted by Crippen LogP contribution is -2.35. The quantitative estimate of drug-likeness (QED) is 0.566. The van der Waals surface area contributed by atoms with E-state index in [9.17, 15) is 9.59 Å². The third kappa shape index (κ3) is 2.69. The Bertz CT molecular complexity index is 693. The van der Waals surface area contributed by atoms with Gasteiger partial charge in [-0.1, -0.05) is 12.1 Å². The van der Waals surface area contributed by atoms with Crippen LogP contribution in [0.1, 0.15) is 6.92 Å². The van der Waals surface area contributed by atoms with E-state index in [1.54, 1.807) is 12.1 Å². The molecule has 0 saturated heterocycles. The number of hydrogen-bond acceptors (Lipinski definition) is 4. The Balaban J connectivity index is 2.47. The third-order valence-corrected chi connectivity index (χ3v) is 3.05. The predicted molar refractivity (Wildman–Crippen MR) is 69.7 cm³/mol. The van der Waals surface area contributed by atoms with Crippen LogP contribution in [0.4, 0.5) is 5.13 Å². The summed E-state index contributed by atoms with van der Waals surface area (Å²) in [6, 6.07) is 7.18. The van der Waals surface area contributed by atoms with Crippen LogP contribution in [-0.2, 0) is 4.79 Å². The lowest BCUT2D eigenvalue weighted by atomic mass is 10.3. The Morgan fingerprint density at radius 2 is 2.17 bits per heavy atom. The number of benzene rings is 1. The van der Waals surface area contributed by atoms with Gasteiger partial charge in [-0.2, -0.15) is 4.98 Å². The molecule has 0 aliphatic carbocycles. The Labute approximate surface area is 106 Å². The largest absolute Gasteiger partial charge is 0.387 e. The highest BCUT2D eigenvalue weighted by Gasteiger charge is 2.11. The van der Waals surface area contributed by atoms with Crippen molar-refractivity contribution in [1.82, 2.24) is 5.32 Å². The minimum atomic E-state index is -0.315. The fraction of sp³-hybridized carbons (Fsp3) is 0.0909. The number of aromatic amines is 1. The molecule has 0 fully saturated rings. The van der Waals surface area contributed by atoms with Crippen LogP contribution >= 0.6 is 11.3 Å². The van der Waals surface area contributed by atoms with Gasteiger partial charge in [0.05, 0.1) is 10.1 Å². The van der Waals surface area contributed by atoms with Gasteiger partial charge in [-0.15, -0.1) is 0 Å². The summed E-state index contributed by atoms with van der Waals surface area (Å²) in [7, 11) is 0. The normalized spacial score (nSPS) is 11.5. The highest BCUT2D eigenvalue weighted by Crippen LogP contribution is 2.19. The van der Waals surface area contributed by atoms with Gasteiger partial charge in [0, 0.05) is 11.9 Å². The highest BCUT2D eigenvalue weighted by molar-refractivity contribution is 7.21. The summed E-state index contributed by atoms with van der Waals surface area (Å²) in [6.45, 7) is 1.33. The summed E-state index contributed by atoms with van der Waals surface area (Å²) in [6.07, 6.45) is 0. The molecule has 0 unspecified atom stereocenters. The Morgan fingerprint density at radius 3 is 2.89 bits per heavy atom. The average molecular weight is 263 g/mol. The van der Waals surface area contributed by atoms with Gasteiger partial charge in [0.25, 0.3) is 0 Å². The van der Waals surface area contributed by atoms with Gasteiger partial charge in [-0.25, -0.2) is 4.79 Å². The summed E-state index contributed by atoms with van der Waals surface area (Å²) in [5, 5.41) is 3.27. The van der Waals surface area contributed by atoms with Crippen LogP contribution in [0.25, 0.3) is 10.1 Å². The number of nitrogens with zero attached hydrogens (tertiary/aromatic N) is 1. The molecule has 2 aromatic rings. The van der Waals surface area contributed by atoms with E-state index < -0.39 is 0 Å². The molecule has 92 valence electrons. The van der Waals surface area contributed by atoms with Crippen LogP contribution in [0.2, 0.25) is 0 Å². The van der Waals surface area contributed by atoms with E-state index in [1.807, 2.05) is 12.1 Å². The molecule has 1 aromatic heterocycles. The van der Waals surface area contributed by atoms with Crippen LogP contribution in [0, 0.1) is 0 Å². The Morgan fingerprint density at radius 1 is 1.44 bits per heavy atom. The first-order chi connectivity index (χ1) is 8.56. The van der Waals surface area contributed by atoms with Gasteiger partial charge in [0.2, 0.25) is 5.91 Å². The molecule has 0 aliphatic heterocycles. The van der Waals surface area contributed by atoms with E-state index in [4.69, 9.17) is 5.73 Å². The van der Waals surface area contributed by atoms with Gasteiger partial charge < -0.3 is 5.73 Å². The summed E-state index contributed by atoms with van der Waals surface area (Å²) in [5.74, 6) is -0.367. The maximum absolute atomic E-state index is 11.8. The molecule has 0 bridgehead atoms. The molecule has 6 nitrogen and oxygen atoms in total. The summed E-state index contributed by atoms with van der Waals surface area (Å²) >= 11 is 1.28. The van der Waals surface area contributed by atoms with E-state index in [0.29, 0.717) is 10.5 Å². The monoisotopic (exact) mass is 263 g/mol. The van der Waals surface area contributed by atoms with Crippen LogP contribution < -0.4 is 21.6 Å². The second-order valence-electron chi connectivity index (χ2n) is 3.54. The number of guanidine groups is 1. The van der Waals surface area contributed by atoms with Gasteiger partial charge in [-0.3, -0.25) is 10.1 Å². The number of carbonyl (C=O) groups excluding carboxylic acids is 1. The molecule has 1 aromatic carbocycles. The maximum atomic E-state index is 11.8. The van der Waals surface area contributed by atoms with Gasteiger partial charge in [0.15, 0.2) is 0 Å². The molecule has 0 spiro atoms. The van der Waals surface area contributed by atoms with Gasteiger partial charge >= 0.3 is 16.7 Å². The molecule has 4 N–H and O–H groups in total. The van der Waals surface area contributed by atoms with Crippen LogP contribution in [0.15, 0.2) is 34.1 Å². The van der Waals surface area contributed by atoms with E-state index in [0.717, 1.165) is 4.70 Å². The van der Waals surface area contributed by atoms with Crippen molar-refractivity contribution in [2.75, 3.05) is 0 Å².